The first-order valence-electron chi connectivity index (χ1n) is 10.8. The van der Waals surface area contributed by atoms with Crippen LogP contribution in [0.4, 0.5) is 0 Å². The summed E-state index contributed by atoms with van der Waals surface area (Å²) in [7, 11) is 1.58. The average Bonchev–Trinajstić information content (AvgIpc) is 2.84. The van der Waals surface area contributed by atoms with Crippen molar-refractivity contribution in [2.75, 3.05) is 7.11 Å². The summed E-state index contributed by atoms with van der Waals surface area (Å²) >= 11 is 0. The van der Waals surface area contributed by atoms with E-state index in [4.69, 9.17) is 9.84 Å². The fraction of sp³-hybridized carbons (Fsp3) is 0.154. The maximum absolute atomic E-state index is 13.3. The number of aromatic nitrogens is 2. The van der Waals surface area contributed by atoms with E-state index in [1.165, 1.54) is 18.2 Å². The molecule has 0 bridgehead atoms. The van der Waals surface area contributed by atoms with Crippen molar-refractivity contribution in [3.63, 3.8) is 0 Å². The zero-order chi connectivity index (χ0) is 25.1. The molecule has 35 heavy (non-hydrogen) atoms. The minimum Gasteiger partial charge on any atom is -0.497 e. The van der Waals surface area contributed by atoms with Crippen molar-refractivity contribution in [2.24, 2.45) is 0 Å². The molecule has 0 spiro atoms. The molecule has 0 saturated carbocycles. The van der Waals surface area contributed by atoms with Gasteiger partial charge in [0, 0.05) is 12.1 Å². The Morgan fingerprint density at radius 3 is 2.29 bits per heavy atom. The molecule has 0 radical (unpaired) electrons. The Kier molecular flexibility index (Phi) is 6.50. The van der Waals surface area contributed by atoms with Crippen molar-refractivity contribution in [2.45, 2.75) is 19.9 Å². The standard InChI is InChI=1S/C26H23N3O6/c1-15-11-18(24(32)27-14-17-5-9-20(35-2)10-6-17)13-21-23(15)28-26(34)29(25(21)33)19-7-3-16(4-8-19)12-22(30)31/h3-11,13H,12,14H2,1-2H3,(H,27,32)(H,28,34)(H,30,31). The van der Waals surface area contributed by atoms with Crippen LogP contribution in [-0.2, 0) is 17.8 Å². The molecular formula is C26H23N3O6. The zero-order valence-electron chi connectivity index (χ0n) is 19.1. The molecule has 9 heteroatoms. The fourth-order valence-corrected chi connectivity index (χ4v) is 3.83. The molecule has 1 heterocycles. The van der Waals surface area contributed by atoms with Crippen molar-refractivity contribution in [3.8, 4) is 11.4 Å². The van der Waals surface area contributed by atoms with E-state index in [1.54, 1.807) is 44.4 Å². The van der Waals surface area contributed by atoms with Crippen LogP contribution in [0.5, 0.6) is 5.75 Å². The molecule has 4 aromatic rings. The van der Waals surface area contributed by atoms with Crippen molar-refractivity contribution in [1.82, 2.24) is 14.9 Å². The molecule has 0 aliphatic carbocycles. The third kappa shape index (κ3) is 4.98. The van der Waals surface area contributed by atoms with Gasteiger partial charge in [0.1, 0.15) is 5.75 Å². The number of carbonyl (C=O) groups is 2. The number of carbonyl (C=O) groups excluding carboxylic acids is 1. The summed E-state index contributed by atoms with van der Waals surface area (Å²) in [6, 6.07) is 16.5. The molecule has 1 aromatic heterocycles. The van der Waals surface area contributed by atoms with Crippen LogP contribution in [0.15, 0.2) is 70.3 Å². The second-order valence-electron chi connectivity index (χ2n) is 8.05. The van der Waals surface area contributed by atoms with Gasteiger partial charge >= 0.3 is 11.7 Å². The zero-order valence-corrected chi connectivity index (χ0v) is 19.1. The van der Waals surface area contributed by atoms with E-state index in [9.17, 15) is 19.2 Å². The Morgan fingerprint density at radius 2 is 1.66 bits per heavy atom. The minimum absolute atomic E-state index is 0.169. The van der Waals surface area contributed by atoms with Gasteiger partial charge in [0.25, 0.3) is 11.5 Å². The van der Waals surface area contributed by atoms with Crippen molar-refractivity contribution < 1.29 is 19.4 Å². The lowest BCUT2D eigenvalue weighted by Gasteiger charge is -2.11. The number of nitrogens with zero attached hydrogens (tertiary/aromatic N) is 1. The Labute approximate surface area is 199 Å². The minimum atomic E-state index is -0.980. The molecule has 3 N–H and O–H groups in total. The second-order valence-corrected chi connectivity index (χ2v) is 8.05. The van der Waals surface area contributed by atoms with E-state index in [0.29, 0.717) is 34.6 Å². The van der Waals surface area contributed by atoms with E-state index >= 15 is 0 Å². The molecular weight excluding hydrogens is 450 g/mol. The SMILES string of the molecule is COc1ccc(CNC(=O)c2cc(C)c3[nH]c(=O)n(-c4ccc(CC(=O)O)cc4)c(=O)c3c2)cc1. The summed E-state index contributed by atoms with van der Waals surface area (Å²) in [5.41, 5.74) is 1.72. The molecule has 0 saturated heterocycles. The molecule has 178 valence electrons. The molecule has 0 fully saturated rings. The van der Waals surface area contributed by atoms with E-state index in [-0.39, 0.29) is 23.3 Å². The van der Waals surface area contributed by atoms with Crippen LogP contribution in [0.1, 0.15) is 27.0 Å². The third-order valence-corrected chi connectivity index (χ3v) is 5.63. The lowest BCUT2D eigenvalue weighted by molar-refractivity contribution is -0.136. The first-order valence-corrected chi connectivity index (χ1v) is 10.8. The predicted octanol–water partition coefficient (Wildman–Crippen LogP) is 2.55. The van der Waals surface area contributed by atoms with E-state index in [1.807, 2.05) is 12.1 Å². The van der Waals surface area contributed by atoms with Crippen LogP contribution in [-0.4, -0.2) is 33.6 Å². The monoisotopic (exact) mass is 473 g/mol. The van der Waals surface area contributed by atoms with Gasteiger partial charge < -0.3 is 20.1 Å². The number of carboxylic acid groups (broad SMARTS) is 1. The summed E-state index contributed by atoms with van der Waals surface area (Å²) in [4.78, 5) is 52.5. The van der Waals surface area contributed by atoms with Gasteiger partial charge in [-0.1, -0.05) is 24.3 Å². The summed E-state index contributed by atoms with van der Waals surface area (Å²) in [5.74, 6) is -0.625. The molecule has 4 rings (SSSR count). The lowest BCUT2D eigenvalue weighted by Crippen LogP contribution is -2.34. The number of carboxylic acids is 1. The van der Waals surface area contributed by atoms with Gasteiger partial charge in [-0.15, -0.1) is 0 Å². The Hall–Kier alpha value is -4.66. The number of methoxy groups -OCH3 is 1. The quantitative estimate of drug-likeness (QED) is 0.378. The average molecular weight is 473 g/mol. The first kappa shape index (κ1) is 23.5. The van der Waals surface area contributed by atoms with Crippen molar-refractivity contribution in [1.29, 1.82) is 0 Å². The maximum Gasteiger partial charge on any atom is 0.333 e. The number of hydrogen-bond acceptors (Lipinski definition) is 5. The molecule has 0 unspecified atom stereocenters. The number of fused-ring (bicyclic) bond motifs is 1. The number of benzene rings is 3. The van der Waals surface area contributed by atoms with Crippen LogP contribution in [0.3, 0.4) is 0 Å². The number of H-pyrrole nitrogens is 1. The van der Waals surface area contributed by atoms with Gasteiger partial charge in [-0.3, -0.25) is 14.4 Å². The second kappa shape index (κ2) is 9.68. The molecule has 3 aromatic carbocycles. The summed E-state index contributed by atoms with van der Waals surface area (Å²) in [6.45, 7) is 2.00. The summed E-state index contributed by atoms with van der Waals surface area (Å²) < 4.78 is 6.10. The highest BCUT2D eigenvalue weighted by molar-refractivity contribution is 5.98. The summed E-state index contributed by atoms with van der Waals surface area (Å²) in [5, 5.41) is 12.0. The number of rotatable bonds is 7. The number of hydrogen-bond donors (Lipinski definition) is 3. The van der Waals surface area contributed by atoms with Crippen LogP contribution in [0.25, 0.3) is 16.6 Å². The number of aryl methyl sites for hydroxylation is 1. The van der Waals surface area contributed by atoms with Gasteiger partial charge in [-0.2, -0.15) is 0 Å². The first-order chi connectivity index (χ1) is 16.8. The molecule has 0 aliphatic heterocycles. The smallest absolute Gasteiger partial charge is 0.333 e. The molecule has 9 nitrogen and oxygen atoms in total. The van der Waals surface area contributed by atoms with E-state index in [0.717, 1.165) is 10.1 Å². The fourth-order valence-electron chi connectivity index (χ4n) is 3.83. The third-order valence-electron chi connectivity index (χ3n) is 5.63. The van der Waals surface area contributed by atoms with E-state index < -0.39 is 17.2 Å². The Bertz CT molecular complexity index is 1530. The Morgan fingerprint density at radius 1 is 1.00 bits per heavy atom. The summed E-state index contributed by atoms with van der Waals surface area (Å²) in [6.07, 6.45) is -0.169. The van der Waals surface area contributed by atoms with Gasteiger partial charge in [-0.05, 0) is 60.0 Å². The number of amides is 1. The highest BCUT2D eigenvalue weighted by Gasteiger charge is 2.15. The van der Waals surface area contributed by atoms with Gasteiger partial charge in [0.2, 0.25) is 0 Å². The lowest BCUT2D eigenvalue weighted by atomic mass is 10.1. The highest BCUT2D eigenvalue weighted by Crippen LogP contribution is 2.17. The number of aliphatic carboxylic acids is 1. The predicted molar refractivity (Wildman–Crippen MR) is 130 cm³/mol. The van der Waals surface area contributed by atoms with Crippen LogP contribution >= 0.6 is 0 Å². The topological polar surface area (TPSA) is 130 Å². The molecule has 0 aliphatic rings. The number of nitrogens with one attached hydrogen (secondary N) is 2. The number of aromatic amines is 1. The van der Waals surface area contributed by atoms with Crippen LogP contribution in [0, 0.1) is 6.92 Å². The normalized spacial score (nSPS) is 10.8. The highest BCUT2D eigenvalue weighted by atomic mass is 16.5. The number of ether oxygens (including phenoxy) is 1. The van der Waals surface area contributed by atoms with Gasteiger partial charge in [0.15, 0.2) is 0 Å². The van der Waals surface area contributed by atoms with Crippen LogP contribution < -0.4 is 21.3 Å². The Balaban J connectivity index is 1.67. The van der Waals surface area contributed by atoms with E-state index in [2.05, 4.69) is 10.3 Å². The molecule has 1 amide bonds. The van der Waals surface area contributed by atoms with Crippen molar-refractivity contribution >= 4 is 22.8 Å². The maximum atomic E-state index is 13.3. The van der Waals surface area contributed by atoms with Gasteiger partial charge in [-0.25, -0.2) is 9.36 Å². The molecule has 0 atom stereocenters. The largest absolute Gasteiger partial charge is 0.497 e. The van der Waals surface area contributed by atoms with Gasteiger partial charge in [0.05, 0.1) is 30.1 Å². The van der Waals surface area contributed by atoms with Crippen molar-refractivity contribution in [3.05, 3.63) is 104 Å². The van der Waals surface area contributed by atoms with Crippen LogP contribution in [0.2, 0.25) is 0 Å².